The average Bonchev–Trinajstić information content (AvgIpc) is 2.15. The van der Waals surface area contributed by atoms with Crippen molar-refractivity contribution < 1.29 is 0 Å². The molecule has 0 aromatic carbocycles. The third-order valence-corrected chi connectivity index (χ3v) is 0.770. The monoisotopic (exact) mass is 126 g/mol. The highest BCUT2D eigenvalue weighted by molar-refractivity contribution is 4.40. The van der Waals surface area contributed by atoms with Gasteiger partial charge in [-0.05, 0) is 24.5 Å². The van der Waals surface area contributed by atoms with Gasteiger partial charge in [0.2, 0.25) is 6.33 Å². The van der Waals surface area contributed by atoms with E-state index in [4.69, 9.17) is 0 Å². The van der Waals surface area contributed by atoms with Crippen molar-refractivity contribution in [1.82, 2.24) is 25.1 Å². The van der Waals surface area contributed by atoms with Crippen LogP contribution < -0.4 is 0 Å². The summed E-state index contributed by atoms with van der Waals surface area (Å²) in [6.07, 6.45) is 2.57. The summed E-state index contributed by atoms with van der Waals surface area (Å²) < 4.78 is 1.53. The molecule has 1 heterocycles. The maximum atomic E-state index is 3.61. The summed E-state index contributed by atoms with van der Waals surface area (Å²) in [4.78, 5) is 1.95. The molecule has 49 valence electrons. The molecule has 5 heteroatoms. The standard InChI is InChI=1S/C4H8N5/c1-8(2)4-9-3-5-6-7-9/h4H2,1-2H3. The van der Waals surface area contributed by atoms with Crippen molar-refractivity contribution in [3.63, 3.8) is 0 Å². The summed E-state index contributed by atoms with van der Waals surface area (Å²) in [7, 11) is 3.88. The third-order valence-electron chi connectivity index (χ3n) is 0.770. The van der Waals surface area contributed by atoms with Crippen LogP contribution in [0.4, 0.5) is 0 Å². The van der Waals surface area contributed by atoms with Gasteiger partial charge < -0.3 is 0 Å². The molecular weight excluding hydrogens is 118 g/mol. The van der Waals surface area contributed by atoms with Crippen molar-refractivity contribution in [3.8, 4) is 0 Å². The zero-order valence-corrected chi connectivity index (χ0v) is 5.44. The first-order valence-electron chi connectivity index (χ1n) is 2.57. The first kappa shape index (κ1) is 6.15. The summed E-state index contributed by atoms with van der Waals surface area (Å²) >= 11 is 0. The molecule has 0 N–H and O–H groups in total. The van der Waals surface area contributed by atoms with E-state index in [9.17, 15) is 0 Å². The Morgan fingerprint density at radius 3 is 2.78 bits per heavy atom. The van der Waals surface area contributed by atoms with E-state index in [1.807, 2.05) is 19.0 Å². The van der Waals surface area contributed by atoms with Gasteiger partial charge in [0, 0.05) is 0 Å². The molecular formula is C4H8N5. The van der Waals surface area contributed by atoms with Crippen LogP contribution in [0.2, 0.25) is 0 Å². The maximum absolute atomic E-state index is 3.61. The van der Waals surface area contributed by atoms with Crippen LogP contribution in [0.15, 0.2) is 0 Å². The van der Waals surface area contributed by atoms with Gasteiger partial charge >= 0.3 is 0 Å². The van der Waals surface area contributed by atoms with Gasteiger partial charge in [0.1, 0.15) is 0 Å². The quantitative estimate of drug-likeness (QED) is 0.509. The highest BCUT2D eigenvalue weighted by Crippen LogP contribution is 1.78. The lowest BCUT2D eigenvalue weighted by Gasteiger charge is -2.05. The van der Waals surface area contributed by atoms with Crippen molar-refractivity contribution in [2.45, 2.75) is 6.67 Å². The van der Waals surface area contributed by atoms with Crippen LogP contribution in [0.3, 0.4) is 0 Å². The van der Waals surface area contributed by atoms with Crippen LogP contribution in [0.1, 0.15) is 0 Å². The molecule has 0 aliphatic heterocycles. The Morgan fingerprint density at radius 2 is 2.33 bits per heavy atom. The molecule has 0 saturated carbocycles. The minimum absolute atomic E-state index is 0.674. The summed E-state index contributed by atoms with van der Waals surface area (Å²) in [5, 5.41) is 10.4. The lowest BCUT2D eigenvalue weighted by molar-refractivity contribution is 0.302. The molecule has 0 saturated heterocycles. The van der Waals surface area contributed by atoms with Crippen molar-refractivity contribution in [2.24, 2.45) is 0 Å². The number of aromatic nitrogens is 4. The van der Waals surface area contributed by atoms with E-state index in [1.54, 1.807) is 0 Å². The molecule has 1 aromatic rings. The highest BCUT2D eigenvalue weighted by Gasteiger charge is 1.92. The first-order valence-corrected chi connectivity index (χ1v) is 2.57. The van der Waals surface area contributed by atoms with Gasteiger partial charge in [0.15, 0.2) is 0 Å². The molecule has 0 atom stereocenters. The second-order valence-corrected chi connectivity index (χ2v) is 2.00. The van der Waals surface area contributed by atoms with Gasteiger partial charge in [-0.25, -0.2) is 4.68 Å². The van der Waals surface area contributed by atoms with Crippen LogP contribution >= 0.6 is 0 Å². The minimum Gasteiger partial charge on any atom is -0.290 e. The molecule has 0 aliphatic rings. The van der Waals surface area contributed by atoms with E-state index in [0.29, 0.717) is 6.67 Å². The zero-order chi connectivity index (χ0) is 6.69. The summed E-state index contributed by atoms with van der Waals surface area (Å²) in [5.41, 5.74) is 0. The lowest BCUT2D eigenvalue weighted by Crippen LogP contribution is -2.17. The van der Waals surface area contributed by atoms with E-state index in [2.05, 4.69) is 21.9 Å². The van der Waals surface area contributed by atoms with E-state index in [-0.39, 0.29) is 0 Å². The average molecular weight is 126 g/mol. The van der Waals surface area contributed by atoms with Crippen molar-refractivity contribution >= 4 is 0 Å². The minimum atomic E-state index is 0.674. The van der Waals surface area contributed by atoms with Crippen LogP contribution in [0, 0.1) is 6.33 Å². The zero-order valence-electron chi connectivity index (χ0n) is 5.44. The van der Waals surface area contributed by atoms with Crippen molar-refractivity contribution in [1.29, 1.82) is 0 Å². The molecule has 0 spiro atoms. The Kier molecular flexibility index (Phi) is 1.74. The molecule has 1 rings (SSSR count). The topological polar surface area (TPSA) is 46.8 Å². The number of hydrogen-bond acceptors (Lipinski definition) is 4. The molecule has 1 radical (unpaired) electrons. The fourth-order valence-corrected chi connectivity index (χ4v) is 0.488. The van der Waals surface area contributed by atoms with Gasteiger partial charge in [-0.2, -0.15) is 0 Å². The third kappa shape index (κ3) is 1.77. The van der Waals surface area contributed by atoms with Gasteiger partial charge in [-0.1, -0.05) is 0 Å². The molecule has 0 unspecified atom stereocenters. The van der Waals surface area contributed by atoms with Gasteiger partial charge in [0.05, 0.1) is 6.67 Å². The van der Waals surface area contributed by atoms with E-state index < -0.39 is 0 Å². The number of hydrogen-bond donors (Lipinski definition) is 0. The molecule has 5 nitrogen and oxygen atoms in total. The molecule has 0 amide bonds. The predicted molar refractivity (Wildman–Crippen MR) is 30.3 cm³/mol. The number of rotatable bonds is 2. The van der Waals surface area contributed by atoms with E-state index >= 15 is 0 Å². The molecule has 0 aliphatic carbocycles. The predicted octanol–water partition coefficient (Wildman–Crippen LogP) is -1.01. The highest BCUT2D eigenvalue weighted by atomic mass is 15.5. The normalized spacial score (nSPS) is 10.6. The SMILES string of the molecule is CN(C)Cn1[c]nnn1. The second kappa shape index (κ2) is 2.54. The van der Waals surface area contributed by atoms with Gasteiger partial charge in [0.25, 0.3) is 0 Å². The Balaban J connectivity index is 2.48. The maximum Gasteiger partial charge on any atom is 0.222 e. The first-order chi connectivity index (χ1) is 4.29. The molecule has 1 aromatic heterocycles. The Bertz CT molecular complexity index is 155. The fraction of sp³-hybridized carbons (Fsp3) is 0.750. The Morgan fingerprint density at radius 1 is 1.56 bits per heavy atom. The summed E-state index contributed by atoms with van der Waals surface area (Å²) in [6, 6.07) is 0. The van der Waals surface area contributed by atoms with Crippen LogP contribution in [-0.2, 0) is 6.67 Å². The molecule has 9 heavy (non-hydrogen) atoms. The van der Waals surface area contributed by atoms with Gasteiger partial charge in [-0.15, -0.1) is 5.10 Å². The van der Waals surface area contributed by atoms with Crippen LogP contribution in [0.5, 0.6) is 0 Å². The molecule has 0 bridgehead atoms. The van der Waals surface area contributed by atoms with Crippen LogP contribution in [0.25, 0.3) is 0 Å². The number of nitrogens with zero attached hydrogens (tertiary/aromatic N) is 5. The largest absolute Gasteiger partial charge is 0.290 e. The van der Waals surface area contributed by atoms with Gasteiger partial charge in [-0.3, -0.25) is 4.90 Å². The summed E-state index contributed by atoms with van der Waals surface area (Å²) in [6.45, 7) is 0.674. The number of tetrazole rings is 1. The fourth-order valence-electron chi connectivity index (χ4n) is 0.488. The van der Waals surface area contributed by atoms with E-state index in [0.717, 1.165) is 0 Å². The second-order valence-electron chi connectivity index (χ2n) is 2.00. The van der Waals surface area contributed by atoms with E-state index in [1.165, 1.54) is 4.68 Å². The molecule has 0 fully saturated rings. The Labute approximate surface area is 53.3 Å². The smallest absolute Gasteiger partial charge is 0.222 e. The lowest BCUT2D eigenvalue weighted by atomic mass is 10.9. The Hall–Kier alpha value is -0.970. The van der Waals surface area contributed by atoms with Crippen molar-refractivity contribution in [2.75, 3.05) is 14.1 Å². The van der Waals surface area contributed by atoms with Crippen molar-refractivity contribution in [3.05, 3.63) is 6.33 Å². The van der Waals surface area contributed by atoms with Crippen LogP contribution in [-0.4, -0.2) is 39.2 Å². The summed E-state index contributed by atoms with van der Waals surface area (Å²) in [5.74, 6) is 0.